The van der Waals surface area contributed by atoms with Crippen molar-refractivity contribution in [2.45, 2.75) is 13.8 Å². The molecule has 0 atom stereocenters. The van der Waals surface area contributed by atoms with Gasteiger partial charge in [-0.2, -0.15) is 0 Å². The summed E-state index contributed by atoms with van der Waals surface area (Å²) in [4.78, 5) is 16.1. The summed E-state index contributed by atoms with van der Waals surface area (Å²) in [6.45, 7) is 3.56. The zero-order chi connectivity index (χ0) is 18.8. The van der Waals surface area contributed by atoms with Gasteiger partial charge < -0.3 is 15.1 Å². The molecule has 0 saturated carbocycles. The predicted molar refractivity (Wildman–Crippen MR) is 104 cm³/mol. The van der Waals surface area contributed by atoms with Crippen molar-refractivity contribution < 1.29 is 13.6 Å². The van der Waals surface area contributed by atoms with Crippen LogP contribution in [0.3, 0.4) is 0 Å². The van der Waals surface area contributed by atoms with E-state index in [4.69, 9.17) is 28.2 Å². The van der Waals surface area contributed by atoms with Gasteiger partial charge >= 0.3 is 0 Å². The van der Waals surface area contributed by atoms with Crippen LogP contribution in [0, 0.1) is 11.7 Å². The topological polar surface area (TPSA) is 67.2 Å². The van der Waals surface area contributed by atoms with E-state index in [1.54, 1.807) is 32.0 Å². The Balaban J connectivity index is 1.83. The fraction of sp³-hybridized carbons (Fsp3) is 0.167. The van der Waals surface area contributed by atoms with Crippen LogP contribution in [0.25, 0.3) is 22.6 Å². The lowest BCUT2D eigenvalue weighted by Gasteiger charge is -2.10. The number of oxazole rings is 1. The largest absolute Gasteiger partial charge is 0.436 e. The van der Waals surface area contributed by atoms with E-state index in [1.807, 2.05) is 0 Å². The Morgan fingerprint density at radius 1 is 1.27 bits per heavy atom. The highest BCUT2D eigenvalue weighted by atomic mass is 35.5. The maximum atomic E-state index is 13.2. The van der Waals surface area contributed by atoms with Gasteiger partial charge in [0.2, 0.25) is 11.8 Å². The van der Waals surface area contributed by atoms with Crippen molar-refractivity contribution in [2.75, 3.05) is 5.32 Å². The van der Waals surface area contributed by atoms with Gasteiger partial charge in [-0.1, -0.05) is 25.4 Å². The minimum atomic E-state index is -0.432. The summed E-state index contributed by atoms with van der Waals surface area (Å²) in [5, 5.41) is 5.95. The molecule has 0 fully saturated rings. The fourth-order valence-electron chi connectivity index (χ4n) is 2.20. The fourth-order valence-corrected chi connectivity index (χ4v) is 2.67. The quantitative estimate of drug-likeness (QED) is 0.630. The Morgan fingerprint density at radius 2 is 2.04 bits per heavy atom. The number of carbonyl (C=O) groups excluding carboxylic acids is 1. The number of nitrogens with zero attached hydrogens (tertiary/aromatic N) is 1. The molecule has 1 amide bonds. The zero-order valence-electron chi connectivity index (χ0n) is 14.0. The van der Waals surface area contributed by atoms with E-state index in [2.05, 4.69) is 15.6 Å². The SMILES string of the molecule is CC(C)C(=O)NC(=S)Nc1ccc2oc(-c3ccc(F)cc3Cl)nc2c1. The van der Waals surface area contributed by atoms with Crippen molar-refractivity contribution in [3.63, 3.8) is 0 Å². The van der Waals surface area contributed by atoms with Crippen LogP contribution in [-0.2, 0) is 4.79 Å². The second-order valence-corrected chi connectivity index (χ2v) is 6.74. The number of hydrogen-bond donors (Lipinski definition) is 2. The minimum absolute atomic E-state index is 0.168. The maximum Gasteiger partial charge on any atom is 0.228 e. The third-order valence-corrected chi connectivity index (χ3v) is 4.08. The van der Waals surface area contributed by atoms with Crippen LogP contribution in [0.1, 0.15) is 13.8 Å². The molecule has 0 unspecified atom stereocenters. The highest BCUT2D eigenvalue weighted by Crippen LogP contribution is 2.31. The molecule has 0 radical (unpaired) electrons. The lowest BCUT2D eigenvalue weighted by atomic mass is 10.2. The Bertz CT molecular complexity index is 1000. The molecule has 3 rings (SSSR count). The van der Waals surface area contributed by atoms with Crippen LogP contribution in [0.2, 0.25) is 5.02 Å². The molecule has 2 aromatic carbocycles. The van der Waals surface area contributed by atoms with Gasteiger partial charge in [0.15, 0.2) is 10.7 Å². The summed E-state index contributed by atoms with van der Waals surface area (Å²) in [7, 11) is 0. The Hall–Kier alpha value is -2.51. The van der Waals surface area contributed by atoms with E-state index in [1.165, 1.54) is 18.2 Å². The molecule has 2 N–H and O–H groups in total. The zero-order valence-corrected chi connectivity index (χ0v) is 15.5. The average Bonchev–Trinajstić information content (AvgIpc) is 2.97. The van der Waals surface area contributed by atoms with Crippen molar-refractivity contribution in [3.05, 3.63) is 47.2 Å². The van der Waals surface area contributed by atoms with Crippen molar-refractivity contribution >= 4 is 51.6 Å². The number of fused-ring (bicyclic) bond motifs is 1. The number of rotatable bonds is 3. The molecule has 0 spiro atoms. The number of amides is 1. The second-order valence-electron chi connectivity index (χ2n) is 5.92. The molecule has 5 nitrogen and oxygen atoms in total. The molecule has 1 heterocycles. The van der Waals surface area contributed by atoms with Crippen molar-refractivity contribution in [1.82, 2.24) is 10.3 Å². The van der Waals surface area contributed by atoms with E-state index >= 15 is 0 Å². The first-order valence-electron chi connectivity index (χ1n) is 7.81. The van der Waals surface area contributed by atoms with Crippen molar-refractivity contribution in [2.24, 2.45) is 5.92 Å². The van der Waals surface area contributed by atoms with Crippen molar-refractivity contribution in [1.29, 1.82) is 0 Å². The van der Waals surface area contributed by atoms with E-state index < -0.39 is 5.82 Å². The number of benzene rings is 2. The number of aromatic nitrogens is 1. The highest BCUT2D eigenvalue weighted by molar-refractivity contribution is 7.80. The molecule has 0 aliphatic carbocycles. The molecule has 3 aromatic rings. The Morgan fingerprint density at radius 3 is 2.73 bits per heavy atom. The molecule has 134 valence electrons. The standard InChI is InChI=1S/C18H15ClFN3O2S/c1-9(2)16(24)23-18(26)21-11-4-6-15-14(8-11)22-17(25-15)12-5-3-10(20)7-13(12)19/h3-9H,1-2H3,(H2,21,23,24,26). The van der Waals surface area contributed by atoms with E-state index in [9.17, 15) is 9.18 Å². The lowest BCUT2D eigenvalue weighted by Crippen LogP contribution is -2.36. The lowest BCUT2D eigenvalue weighted by molar-refractivity contribution is -0.122. The Kier molecular flexibility index (Phi) is 5.20. The van der Waals surface area contributed by atoms with Gasteiger partial charge in [0, 0.05) is 11.6 Å². The number of thiocarbonyl (C=S) groups is 1. The third kappa shape index (κ3) is 4.00. The molecule has 0 aliphatic rings. The number of nitrogens with one attached hydrogen (secondary N) is 2. The Labute approximate surface area is 159 Å². The summed E-state index contributed by atoms with van der Waals surface area (Å²) in [5.74, 6) is -0.481. The molecule has 0 bridgehead atoms. The molecule has 1 aromatic heterocycles. The number of carbonyl (C=O) groups is 1. The van der Waals surface area contributed by atoms with E-state index in [0.29, 0.717) is 22.4 Å². The summed E-state index contributed by atoms with van der Waals surface area (Å²) < 4.78 is 18.9. The van der Waals surface area contributed by atoms with Gasteiger partial charge in [-0.25, -0.2) is 9.37 Å². The summed E-state index contributed by atoms with van der Waals surface area (Å²) >= 11 is 11.2. The van der Waals surface area contributed by atoms with Gasteiger partial charge in [0.1, 0.15) is 11.3 Å². The molecule has 8 heteroatoms. The van der Waals surface area contributed by atoms with Crippen LogP contribution in [0.15, 0.2) is 40.8 Å². The first-order chi connectivity index (χ1) is 12.3. The molecule has 0 aliphatic heterocycles. The second kappa shape index (κ2) is 7.39. The third-order valence-electron chi connectivity index (χ3n) is 3.57. The van der Waals surface area contributed by atoms with E-state index in [0.717, 1.165) is 0 Å². The van der Waals surface area contributed by atoms with Crippen LogP contribution in [-0.4, -0.2) is 16.0 Å². The number of hydrogen-bond acceptors (Lipinski definition) is 4. The molecular formula is C18H15ClFN3O2S. The smallest absolute Gasteiger partial charge is 0.228 e. The van der Waals surface area contributed by atoms with Gasteiger partial charge in [0.25, 0.3) is 0 Å². The van der Waals surface area contributed by atoms with E-state index in [-0.39, 0.29) is 27.9 Å². The average molecular weight is 392 g/mol. The van der Waals surface area contributed by atoms with Gasteiger partial charge in [-0.05, 0) is 48.6 Å². The summed E-state index contributed by atoms with van der Waals surface area (Å²) in [6, 6.07) is 9.20. The van der Waals surface area contributed by atoms with Crippen molar-refractivity contribution in [3.8, 4) is 11.5 Å². The predicted octanol–water partition coefficient (Wildman–Crippen LogP) is 4.76. The summed E-state index contributed by atoms with van der Waals surface area (Å²) in [6.07, 6.45) is 0. The van der Waals surface area contributed by atoms with Gasteiger partial charge in [0.05, 0.1) is 10.6 Å². The van der Waals surface area contributed by atoms with Crippen LogP contribution in [0.4, 0.5) is 10.1 Å². The number of anilines is 1. The van der Waals surface area contributed by atoms with Crippen LogP contribution in [0.5, 0.6) is 0 Å². The van der Waals surface area contributed by atoms with Gasteiger partial charge in [-0.3, -0.25) is 4.79 Å². The maximum absolute atomic E-state index is 13.2. The molecule has 0 saturated heterocycles. The monoisotopic (exact) mass is 391 g/mol. The molecule has 26 heavy (non-hydrogen) atoms. The van der Waals surface area contributed by atoms with Gasteiger partial charge in [-0.15, -0.1) is 0 Å². The minimum Gasteiger partial charge on any atom is -0.436 e. The van der Waals surface area contributed by atoms with Crippen LogP contribution < -0.4 is 10.6 Å². The number of halogens is 2. The molecular weight excluding hydrogens is 377 g/mol. The first-order valence-corrected chi connectivity index (χ1v) is 8.60. The summed E-state index contributed by atoms with van der Waals surface area (Å²) in [5.41, 5.74) is 2.27. The highest BCUT2D eigenvalue weighted by Gasteiger charge is 2.13. The normalized spacial score (nSPS) is 11.0. The van der Waals surface area contributed by atoms with Crippen LogP contribution >= 0.6 is 23.8 Å². The first kappa shape index (κ1) is 18.3.